The lowest BCUT2D eigenvalue weighted by Crippen LogP contribution is -2.36. The van der Waals surface area contributed by atoms with Crippen molar-refractivity contribution >= 4 is 52.0 Å². The highest BCUT2D eigenvalue weighted by molar-refractivity contribution is 8.18. The van der Waals surface area contributed by atoms with E-state index in [4.69, 9.17) is 4.74 Å². The van der Waals surface area contributed by atoms with Crippen molar-refractivity contribution in [3.05, 3.63) is 102 Å². The summed E-state index contributed by atoms with van der Waals surface area (Å²) in [6, 6.07) is 14.6. The molecule has 1 aliphatic rings. The van der Waals surface area contributed by atoms with Gasteiger partial charge >= 0.3 is 5.69 Å². The van der Waals surface area contributed by atoms with E-state index in [0.29, 0.717) is 23.0 Å². The number of nitrogens with zero attached hydrogens (tertiary/aromatic N) is 3. The predicted molar refractivity (Wildman–Crippen MR) is 143 cm³/mol. The molecule has 1 aliphatic heterocycles. The highest BCUT2D eigenvalue weighted by Gasteiger charge is 2.36. The molecule has 0 aromatic heterocycles. The van der Waals surface area contributed by atoms with Gasteiger partial charge in [-0.1, -0.05) is 24.3 Å². The molecule has 13 heteroatoms. The van der Waals surface area contributed by atoms with E-state index in [1.165, 1.54) is 18.2 Å². The summed E-state index contributed by atoms with van der Waals surface area (Å²) in [4.78, 5) is 59.4. The second kappa shape index (κ2) is 11.1. The Kier molecular flexibility index (Phi) is 7.72. The van der Waals surface area contributed by atoms with Crippen molar-refractivity contribution in [2.45, 2.75) is 13.8 Å². The summed E-state index contributed by atoms with van der Waals surface area (Å²) in [6.45, 7) is 3.33. The van der Waals surface area contributed by atoms with Gasteiger partial charge in [0.2, 0.25) is 11.7 Å². The summed E-state index contributed by atoms with van der Waals surface area (Å²) < 4.78 is 5.53. The Bertz CT molecular complexity index is 1550. The number of imide groups is 1. The minimum atomic E-state index is -0.783. The van der Waals surface area contributed by atoms with Crippen LogP contribution in [0.25, 0.3) is 6.08 Å². The number of benzene rings is 3. The third-order valence-corrected chi connectivity index (χ3v) is 6.72. The van der Waals surface area contributed by atoms with E-state index < -0.39 is 44.8 Å². The zero-order valence-corrected chi connectivity index (χ0v) is 21.4. The van der Waals surface area contributed by atoms with Crippen LogP contribution in [0.5, 0.6) is 11.5 Å². The SMILES string of the molecule is Cc1cccc(NC(=O)CN2C(=O)S/C(=C/c3ccc(Oc4ccc([N+](=O)[O-])cc4[N+](=O)[O-])cc3)C2=O)c1C. The first kappa shape index (κ1) is 27.0. The molecule has 1 N–H and O–H groups in total. The number of nitro groups is 2. The number of carbonyl (C=O) groups is 3. The first-order valence-electron chi connectivity index (χ1n) is 11.4. The maximum atomic E-state index is 12.8. The third-order valence-electron chi connectivity index (χ3n) is 5.81. The molecule has 198 valence electrons. The number of ether oxygens (including phenoxy) is 1. The molecule has 0 saturated carbocycles. The van der Waals surface area contributed by atoms with Crippen molar-refractivity contribution in [3.63, 3.8) is 0 Å². The fourth-order valence-corrected chi connectivity index (χ4v) is 4.45. The van der Waals surface area contributed by atoms with Crippen LogP contribution in [0.4, 0.5) is 21.9 Å². The van der Waals surface area contributed by atoms with Gasteiger partial charge in [-0.2, -0.15) is 0 Å². The molecular weight excluding hydrogens is 528 g/mol. The van der Waals surface area contributed by atoms with Crippen LogP contribution >= 0.6 is 11.8 Å². The average Bonchev–Trinajstić information content (AvgIpc) is 3.15. The largest absolute Gasteiger partial charge is 0.450 e. The maximum Gasteiger partial charge on any atom is 0.318 e. The molecule has 0 bridgehead atoms. The van der Waals surface area contributed by atoms with E-state index in [2.05, 4.69) is 5.32 Å². The number of hydrogen-bond acceptors (Lipinski definition) is 9. The van der Waals surface area contributed by atoms with E-state index >= 15 is 0 Å². The zero-order valence-electron chi connectivity index (χ0n) is 20.6. The molecule has 0 unspecified atom stereocenters. The topological polar surface area (TPSA) is 162 Å². The molecule has 12 nitrogen and oxygen atoms in total. The van der Waals surface area contributed by atoms with Gasteiger partial charge in [-0.3, -0.25) is 39.5 Å². The van der Waals surface area contributed by atoms with Crippen LogP contribution < -0.4 is 10.1 Å². The fourth-order valence-electron chi connectivity index (χ4n) is 3.61. The van der Waals surface area contributed by atoms with Gasteiger partial charge in [-0.15, -0.1) is 0 Å². The lowest BCUT2D eigenvalue weighted by Gasteiger charge is -2.14. The minimum absolute atomic E-state index is 0.124. The van der Waals surface area contributed by atoms with Crippen LogP contribution in [-0.4, -0.2) is 38.3 Å². The number of nitrogens with one attached hydrogen (secondary N) is 1. The van der Waals surface area contributed by atoms with Crippen LogP contribution in [0.2, 0.25) is 0 Å². The average molecular weight is 549 g/mol. The smallest absolute Gasteiger partial charge is 0.318 e. The van der Waals surface area contributed by atoms with Gasteiger partial charge in [0.05, 0.1) is 20.8 Å². The second-order valence-electron chi connectivity index (χ2n) is 8.40. The Labute approximate surface area is 225 Å². The number of amides is 3. The number of nitro benzene ring substituents is 2. The van der Waals surface area contributed by atoms with Crippen molar-refractivity contribution in [1.82, 2.24) is 4.90 Å². The number of anilines is 1. The van der Waals surface area contributed by atoms with E-state index in [1.807, 2.05) is 19.9 Å². The highest BCUT2D eigenvalue weighted by atomic mass is 32.2. The molecule has 3 aromatic carbocycles. The standard InChI is InChI=1S/C26H20N4O8S/c1-15-4-3-5-20(16(15)2)27-24(31)14-28-25(32)23(39-26(28)33)12-17-6-9-19(10-7-17)38-22-11-8-18(29(34)35)13-21(22)30(36)37/h3-13H,14H2,1-2H3,(H,27,31)/b23-12+. The molecule has 1 saturated heterocycles. The number of non-ortho nitro benzene ring substituents is 1. The van der Waals surface area contributed by atoms with Crippen molar-refractivity contribution < 1.29 is 29.0 Å². The number of carbonyl (C=O) groups excluding carboxylic acids is 3. The molecule has 4 rings (SSSR count). The van der Waals surface area contributed by atoms with Crippen LogP contribution in [0.15, 0.2) is 65.6 Å². The molecule has 0 spiro atoms. The first-order chi connectivity index (χ1) is 18.5. The summed E-state index contributed by atoms with van der Waals surface area (Å²) >= 11 is 0.703. The quantitative estimate of drug-likeness (QED) is 0.215. The Hall–Kier alpha value is -5.04. The van der Waals surface area contributed by atoms with Crippen LogP contribution in [0.3, 0.4) is 0 Å². The van der Waals surface area contributed by atoms with Gasteiger partial charge in [0.1, 0.15) is 12.3 Å². The van der Waals surface area contributed by atoms with E-state index in [9.17, 15) is 34.6 Å². The van der Waals surface area contributed by atoms with Crippen LogP contribution in [-0.2, 0) is 9.59 Å². The summed E-state index contributed by atoms with van der Waals surface area (Å²) in [6.07, 6.45) is 1.48. The summed E-state index contributed by atoms with van der Waals surface area (Å²) in [7, 11) is 0. The molecule has 0 aliphatic carbocycles. The van der Waals surface area contributed by atoms with Crippen molar-refractivity contribution in [2.75, 3.05) is 11.9 Å². The van der Waals surface area contributed by atoms with Crippen molar-refractivity contribution in [1.29, 1.82) is 0 Å². The van der Waals surface area contributed by atoms with Gasteiger partial charge in [-0.25, -0.2) is 0 Å². The Morgan fingerprint density at radius 3 is 2.41 bits per heavy atom. The molecular formula is C26H20N4O8S. The monoisotopic (exact) mass is 548 g/mol. The number of rotatable bonds is 8. The van der Waals surface area contributed by atoms with Gasteiger partial charge in [0.25, 0.3) is 16.8 Å². The summed E-state index contributed by atoms with van der Waals surface area (Å²) in [5.41, 5.74) is 2.00. The zero-order chi connectivity index (χ0) is 28.3. The predicted octanol–water partition coefficient (Wildman–Crippen LogP) is 5.59. The summed E-state index contributed by atoms with van der Waals surface area (Å²) in [5.74, 6) is -1.09. The lowest BCUT2D eigenvalue weighted by atomic mass is 10.1. The van der Waals surface area contributed by atoms with Crippen LogP contribution in [0, 0.1) is 34.1 Å². The second-order valence-corrected chi connectivity index (χ2v) is 9.39. The molecule has 0 radical (unpaired) electrons. The molecule has 39 heavy (non-hydrogen) atoms. The highest BCUT2D eigenvalue weighted by Crippen LogP contribution is 2.35. The van der Waals surface area contributed by atoms with E-state index in [0.717, 1.165) is 34.2 Å². The number of hydrogen-bond donors (Lipinski definition) is 1. The van der Waals surface area contributed by atoms with Gasteiger partial charge in [0.15, 0.2) is 0 Å². The molecule has 3 amide bonds. The Morgan fingerprint density at radius 1 is 1.03 bits per heavy atom. The van der Waals surface area contributed by atoms with Gasteiger partial charge < -0.3 is 10.1 Å². The number of thioether (sulfide) groups is 1. The van der Waals surface area contributed by atoms with E-state index in [1.54, 1.807) is 24.3 Å². The fraction of sp³-hybridized carbons (Fsp3) is 0.115. The number of aryl methyl sites for hydroxylation is 1. The first-order valence-corrected chi connectivity index (χ1v) is 12.2. The maximum absolute atomic E-state index is 12.8. The lowest BCUT2D eigenvalue weighted by molar-refractivity contribution is -0.394. The molecule has 1 heterocycles. The van der Waals surface area contributed by atoms with Crippen LogP contribution in [0.1, 0.15) is 16.7 Å². The molecule has 1 fully saturated rings. The Balaban J connectivity index is 1.44. The summed E-state index contributed by atoms with van der Waals surface area (Å²) in [5, 5.41) is 24.4. The molecule has 0 atom stereocenters. The van der Waals surface area contributed by atoms with E-state index in [-0.39, 0.29) is 16.4 Å². The molecule has 3 aromatic rings. The normalized spacial score (nSPS) is 14.0. The third kappa shape index (κ3) is 6.10. The minimum Gasteiger partial charge on any atom is -0.450 e. The van der Waals surface area contributed by atoms with Crippen molar-refractivity contribution in [3.8, 4) is 11.5 Å². The Morgan fingerprint density at radius 2 is 1.74 bits per heavy atom. The van der Waals surface area contributed by atoms with Gasteiger partial charge in [-0.05, 0) is 72.6 Å². The van der Waals surface area contributed by atoms with Gasteiger partial charge in [0, 0.05) is 11.8 Å². The van der Waals surface area contributed by atoms with Crippen molar-refractivity contribution in [2.24, 2.45) is 0 Å².